The van der Waals surface area contributed by atoms with E-state index in [4.69, 9.17) is 23.2 Å². The van der Waals surface area contributed by atoms with Gasteiger partial charge < -0.3 is 0 Å². The summed E-state index contributed by atoms with van der Waals surface area (Å²) in [6, 6.07) is 10.6. The van der Waals surface area contributed by atoms with Crippen molar-refractivity contribution >= 4 is 50.2 Å². The first-order chi connectivity index (χ1) is 10.1. The van der Waals surface area contributed by atoms with E-state index in [1.165, 1.54) is 6.07 Å². The maximum absolute atomic E-state index is 14.4. The summed E-state index contributed by atoms with van der Waals surface area (Å²) >= 11 is 15.2. The molecule has 0 aliphatic rings. The van der Waals surface area contributed by atoms with Crippen LogP contribution in [0.4, 0.5) is 4.39 Å². The van der Waals surface area contributed by atoms with Crippen molar-refractivity contribution in [3.8, 4) is 5.69 Å². The van der Waals surface area contributed by atoms with Gasteiger partial charge in [0, 0.05) is 16.8 Å². The second-order valence-corrected chi connectivity index (χ2v) is 6.21. The Balaban J connectivity index is 2.35. The lowest BCUT2D eigenvalue weighted by Crippen LogP contribution is -2.04. The van der Waals surface area contributed by atoms with Crippen molar-refractivity contribution in [1.82, 2.24) is 9.55 Å². The molecule has 0 N–H and O–H groups in total. The number of imidazole rings is 1. The Labute approximate surface area is 139 Å². The SMILES string of the molecule is Fc1c(Cl)cccc1-n1c(CCCl)nc2ccc(Br)cc21. The molecule has 6 heteroatoms. The van der Waals surface area contributed by atoms with Gasteiger partial charge in [-0.25, -0.2) is 9.37 Å². The van der Waals surface area contributed by atoms with Gasteiger partial charge in [0.25, 0.3) is 0 Å². The van der Waals surface area contributed by atoms with E-state index < -0.39 is 5.82 Å². The van der Waals surface area contributed by atoms with Crippen LogP contribution < -0.4 is 0 Å². The zero-order valence-corrected chi connectivity index (χ0v) is 13.9. The maximum Gasteiger partial charge on any atom is 0.165 e. The Morgan fingerprint density at radius 1 is 1.24 bits per heavy atom. The predicted octanol–water partition coefficient (Wildman–Crippen LogP) is 5.36. The van der Waals surface area contributed by atoms with Gasteiger partial charge >= 0.3 is 0 Å². The van der Waals surface area contributed by atoms with Crippen LogP contribution in [-0.2, 0) is 6.42 Å². The number of halogens is 4. The summed E-state index contributed by atoms with van der Waals surface area (Å²) in [4.78, 5) is 4.54. The first-order valence-electron chi connectivity index (χ1n) is 6.29. The zero-order valence-electron chi connectivity index (χ0n) is 10.8. The van der Waals surface area contributed by atoms with E-state index in [2.05, 4.69) is 20.9 Å². The average molecular weight is 388 g/mol. The molecule has 108 valence electrons. The van der Waals surface area contributed by atoms with E-state index in [1.54, 1.807) is 16.7 Å². The molecule has 0 aliphatic carbocycles. The molecule has 2 aromatic carbocycles. The van der Waals surface area contributed by atoms with Crippen molar-refractivity contribution in [3.05, 3.63) is 57.5 Å². The zero-order chi connectivity index (χ0) is 15.0. The van der Waals surface area contributed by atoms with Crippen LogP contribution in [0.25, 0.3) is 16.7 Å². The van der Waals surface area contributed by atoms with Crippen LogP contribution in [0, 0.1) is 5.82 Å². The second-order valence-electron chi connectivity index (χ2n) is 4.51. The number of hydrogen-bond donors (Lipinski definition) is 0. The van der Waals surface area contributed by atoms with Crippen molar-refractivity contribution in [3.63, 3.8) is 0 Å². The number of rotatable bonds is 3. The fourth-order valence-corrected chi connectivity index (χ4v) is 2.97. The lowest BCUT2D eigenvalue weighted by molar-refractivity contribution is 0.617. The first-order valence-corrected chi connectivity index (χ1v) is 7.99. The number of aryl methyl sites for hydroxylation is 1. The molecule has 1 aromatic heterocycles. The molecule has 0 amide bonds. The van der Waals surface area contributed by atoms with Gasteiger partial charge in [0.05, 0.1) is 21.7 Å². The van der Waals surface area contributed by atoms with Gasteiger partial charge in [-0.15, -0.1) is 11.6 Å². The molecular formula is C15H10BrCl2FN2. The number of benzene rings is 2. The number of aromatic nitrogens is 2. The fourth-order valence-electron chi connectivity index (χ4n) is 2.28. The van der Waals surface area contributed by atoms with Crippen molar-refractivity contribution in [2.45, 2.75) is 6.42 Å². The van der Waals surface area contributed by atoms with Gasteiger partial charge in [-0.2, -0.15) is 0 Å². The topological polar surface area (TPSA) is 17.8 Å². The monoisotopic (exact) mass is 386 g/mol. The van der Waals surface area contributed by atoms with Crippen LogP contribution >= 0.6 is 39.1 Å². The van der Waals surface area contributed by atoms with Crippen LogP contribution in [0.2, 0.25) is 5.02 Å². The minimum atomic E-state index is -0.464. The molecule has 0 fully saturated rings. The number of alkyl halides is 1. The number of fused-ring (bicyclic) bond motifs is 1. The molecule has 1 heterocycles. The van der Waals surface area contributed by atoms with Gasteiger partial charge in [0.1, 0.15) is 5.82 Å². The summed E-state index contributed by atoms with van der Waals surface area (Å²) in [5.74, 6) is 0.653. The summed E-state index contributed by atoms with van der Waals surface area (Å²) in [5.41, 5.74) is 1.98. The van der Waals surface area contributed by atoms with E-state index >= 15 is 0 Å². The molecule has 3 aromatic rings. The average Bonchev–Trinajstić information content (AvgIpc) is 2.80. The Kier molecular flexibility index (Phi) is 4.20. The van der Waals surface area contributed by atoms with Gasteiger partial charge in [-0.1, -0.05) is 33.6 Å². The normalized spacial score (nSPS) is 11.2. The molecule has 0 saturated carbocycles. The van der Waals surface area contributed by atoms with Crippen molar-refractivity contribution < 1.29 is 4.39 Å². The largest absolute Gasteiger partial charge is 0.293 e. The Morgan fingerprint density at radius 2 is 2.05 bits per heavy atom. The highest BCUT2D eigenvalue weighted by Crippen LogP contribution is 2.28. The standard InChI is InChI=1S/C15H10BrCl2FN2/c16-9-4-5-11-13(8-9)21(14(20-11)6-7-17)12-3-1-2-10(18)15(12)19/h1-5,8H,6-7H2. The van der Waals surface area contributed by atoms with Gasteiger partial charge in [0.2, 0.25) is 0 Å². The maximum atomic E-state index is 14.4. The summed E-state index contributed by atoms with van der Waals surface area (Å²) in [5, 5.41) is 0.0844. The first kappa shape index (κ1) is 14.8. The van der Waals surface area contributed by atoms with Crippen molar-refractivity contribution in [2.24, 2.45) is 0 Å². The summed E-state index contributed by atoms with van der Waals surface area (Å²) in [6.45, 7) is 0. The highest BCUT2D eigenvalue weighted by Gasteiger charge is 2.16. The highest BCUT2D eigenvalue weighted by atomic mass is 79.9. The Hall–Kier alpha value is -1.10. The number of nitrogens with zero attached hydrogens (tertiary/aromatic N) is 2. The minimum Gasteiger partial charge on any atom is -0.293 e. The van der Waals surface area contributed by atoms with Crippen LogP contribution in [0.15, 0.2) is 40.9 Å². The molecule has 0 spiro atoms. The minimum absolute atomic E-state index is 0.0844. The molecular weight excluding hydrogens is 378 g/mol. The summed E-state index contributed by atoms with van der Waals surface area (Å²) in [7, 11) is 0. The molecule has 0 unspecified atom stereocenters. The molecule has 0 aliphatic heterocycles. The van der Waals surface area contributed by atoms with Crippen molar-refractivity contribution in [1.29, 1.82) is 0 Å². The Morgan fingerprint density at radius 3 is 2.81 bits per heavy atom. The molecule has 0 radical (unpaired) electrons. The predicted molar refractivity (Wildman–Crippen MR) is 88.2 cm³/mol. The van der Waals surface area contributed by atoms with Gasteiger partial charge in [-0.3, -0.25) is 4.57 Å². The van der Waals surface area contributed by atoms with Crippen LogP contribution in [0.5, 0.6) is 0 Å². The summed E-state index contributed by atoms with van der Waals surface area (Å²) in [6.07, 6.45) is 0.541. The van der Waals surface area contributed by atoms with E-state index in [0.717, 1.165) is 15.5 Å². The highest BCUT2D eigenvalue weighted by molar-refractivity contribution is 9.10. The third-order valence-electron chi connectivity index (χ3n) is 3.18. The fraction of sp³-hybridized carbons (Fsp3) is 0.133. The number of hydrogen-bond acceptors (Lipinski definition) is 1. The van der Waals surface area contributed by atoms with Crippen LogP contribution in [0.3, 0.4) is 0 Å². The van der Waals surface area contributed by atoms with Gasteiger partial charge in [0.15, 0.2) is 5.82 Å². The second kappa shape index (κ2) is 5.95. The van der Waals surface area contributed by atoms with E-state index in [1.807, 2.05) is 18.2 Å². The van der Waals surface area contributed by atoms with E-state index in [9.17, 15) is 4.39 Å². The lowest BCUT2D eigenvalue weighted by atomic mass is 10.2. The quantitative estimate of drug-likeness (QED) is 0.553. The molecule has 0 atom stereocenters. The van der Waals surface area contributed by atoms with Crippen LogP contribution in [0.1, 0.15) is 5.82 Å². The molecule has 21 heavy (non-hydrogen) atoms. The third-order valence-corrected chi connectivity index (χ3v) is 4.15. The van der Waals surface area contributed by atoms with Gasteiger partial charge in [-0.05, 0) is 30.3 Å². The molecule has 0 bridgehead atoms. The Bertz CT molecular complexity index is 817. The molecule has 3 rings (SSSR count). The third kappa shape index (κ3) is 2.68. The lowest BCUT2D eigenvalue weighted by Gasteiger charge is -2.10. The van der Waals surface area contributed by atoms with Crippen molar-refractivity contribution in [2.75, 3.05) is 5.88 Å². The summed E-state index contributed by atoms with van der Waals surface area (Å²) < 4.78 is 17.1. The van der Waals surface area contributed by atoms with E-state index in [-0.39, 0.29) is 5.02 Å². The molecule has 2 nitrogen and oxygen atoms in total. The van der Waals surface area contributed by atoms with Crippen LogP contribution in [-0.4, -0.2) is 15.4 Å². The smallest absolute Gasteiger partial charge is 0.165 e. The molecule has 0 saturated heterocycles. The van der Waals surface area contributed by atoms with E-state index in [0.29, 0.717) is 23.8 Å².